The van der Waals surface area contributed by atoms with Crippen LogP contribution in [0, 0.1) is 13.8 Å². The third-order valence-corrected chi connectivity index (χ3v) is 4.39. The van der Waals surface area contributed by atoms with Gasteiger partial charge in [0.15, 0.2) is 0 Å². The van der Waals surface area contributed by atoms with Gasteiger partial charge in [-0.05, 0) is 30.2 Å². The van der Waals surface area contributed by atoms with Gasteiger partial charge in [0, 0.05) is 17.8 Å². The van der Waals surface area contributed by atoms with Crippen molar-refractivity contribution in [3.63, 3.8) is 0 Å². The summed E-state index contributed by atoms with van der Waals surface area (Å²) in [7, 11) is 0. The Morgan fingerprint density at radius 2 is 1.86 bits per heavy atom. The largest absolute Gasteiger partial charge is 0.310 e. The predicted octanol–water partition coefficient (Wildman–Crippen LogP) is 2.91. The van der Waals surface area contributed by atoms with Crippen LogP contribution in [0.1, 0.15) is 17.0 Å². The Morgan fingerprint density at radius 1 is 1.07 bits per heavy atom. The molecular weight excluding hydrogens is 354 g/mol. The van der Waals surface area contributed by atoms with Crippen molar-refractivity contribution in [2.75, 3.05) is 5.32 Å². The molecule has 4 aromatic rings. The Morgan fingerprint density at radius 3 is 2.68 bits per heavy atom. The first kappa shape index (κ1) is 17.7. The fraction of sp³-hybridized carbons (Fsp3) is 0.143. The van der Waals surface area contributed by atoms with E-state index < -0.39 is 0 Å². The van der Waals surface area contributed by atoms with E-state index in [2.05, 4.69) is 20.4 Å². The van der Waals surface area contributed by atoms with Gasteiger partial charge in [0.1, 0.15) is 5.82 Å². The molecule has 4 rings (SSSR count). The fourth-order valence-corrected chi connectivity index (χ4v) is 3.22. The lowest BCUT2D eigenvalue weighted by molar-refractivity contribution is -0.115. The lowest BCUT2D eigenvalue weighted by Gasteiger charge is -2.10. The van der Waals surface area contributed by atoms with Crippen molar-refractivity contribution in [1.29, 1.82) is 0 Å². The topological polar surface area (TPSA) is 92.7 Å². The van der Waals surface area contributed by atoms with Gasteiger partial charge in [-0.25, -0.2) is 4.98 Å². The average Bonchev–Trinajstić information content (AvgIpc) is 3.01. The van der Waals surface area contributed by atoms with Crippen LogP contribution >= 0.6 is 0 Å². The van der Waals surface area contributed by atoms with E-state index in [1.165, 1.54) is 10.7 Å². The molecule has 0 radical (unpaired) electrons. The molecule has 28 heavy (non-hydrogen) atoms. The SMILES string of the molecule is Cc1cc(=O)[nH]c(-n2nc(C)cc2NC(=O)Cc2cccc3ccccc23)n1. The van der Waals surface area contributed by atoms with E-state index >= 15 is 0 Å². The molecule has 7 heteroatoms. The first-order chi connectivity index (χ1) is 13.5. The normalized spacial score (nSPS) is 10.9. The number of hydrogen-bond acceptors (Lipinski definition) is 4. The summed E-state index contributed by atoms with van der Waals surface area (Å²) in [5.41, 5.74) is 1.94. The number of anilines is 1. The molecule has 0 atom stereocenters. The second-order valence-corrected chi connectivity index (χ2v) is 6.66. The molecule has 0 spiro atoms. The number of aromatic amines is 1. The maximum atomic E-state index is 12.7. The standard InChI is InChI=1S/C21H19N5O2/c1-13-11-19(27)24-21(22-13)26-18(10-14(2)25-26)23-20(28)12-16-8-5-7-15-6-3-4-9-17(15)16/h3-11H,12H2,1-2H3,(H,23,28)(H,22,24,27). The molecule has 1 amide bonds. The number of benzene rings is 2. The molecule has 0 fully saturated rings. The van der Waals surface area contributed by atoms with E-state index in [1.807, 2.05) is 49.4 Å². The number of rotatable bonds is 4. The van der Waals surface area contributed by atoms with Crippen molar-refractivity contribution in [3.05, 3.63) is 81.9 Å². The van der Waals surface area contributed by atoms with E-state index in [0.717, 1.165) is 16.3 Å². The third kappa shape index (κ3) is 3.55. The molecule has 0 aliphatic rings. The number of amides is 1. The van der Waals surface area contributed by atoms with Gasteiger partial charge in [-0.15, -0.1) is 0 Å². The number of fused-ring (bicyclic) bond motifs is 1. The zero-order chi connectivity index (χ0) is 19.7. The Kier molecular flexibility index (Phi) is 4.49. The van der Waals surface area contributed by atoms with E-state index in [-0.39, 0.29) is 23.8 Å². The Labute approximate surface area is 161 Å². The number of nitrogens with zero attached hydrogens (tertiary/aromatic N) is 3. The molecule has 2 N–H and O–H groups in total. The number of hydrogen-bond donors (Lipinski definition) is 2. The van der Waals surface area contributed by atoms with E-state index in [9.17, 15) is 9.59 Å². The zero-order valence-corrected chi connectivity index (χ0v) is 15.6. The van der Waals surface area contributed by atoms with Crippen molar-refractivity contribution in [1.82, 2.24) is 19.7 Å². The van der Waals surface area contributed by atoms with Crippen LogP contribution < -0.4 is 10.9 Å². The summed E-state index contributed by atoms with van der Waals surface area (Å²) in [6.45, 7) is 3.54. The van der Waals surface area contributed by atoms with Crippen LogP contribution in [0.3, 0.4) is 0 Å². The highest BCUT2D eigenvalue weighted by atomic mass is 16.1. The number of aromatic nitrogens is 4. The molecule has 0 unspecified atom stereocenters. The number of carbonyl (C=O) groups is 1. The van der Waals surface area contributed by atoms with Gasteiger partial charge in [-0.1, -0.05) is 42.5 Å². The summed E-state index contributed by atoms with van der Waals surface area (Å²) < 4.78 is 1.44. The van der Waals surface area contributed by atoms with Gasteiger partial charge < -0.3 is 5.32 Å². The van der Waals surface area contributed by atoms with Crippen molar-refractivity contribution >= 4 is 22.5 Å². The third-order valence-electron chi connectivity index (χ3n) is 4.39. The van der Waals surface area contributed by atoms with Crippen LogP contribution in [0.25, 0.3) is 16.7 Å². The van der Waals surface area contributed by atoms with Gasteiger partial charge in [0.25, 0.3) is 5.56 Å². The fourth-order valence-electron chi connectivity index (χ4n) is 3.22. The lowest BCUT2D eigenvalue weighted by atomic mass is 10.0. The second-order valence-electron chi connectivity index (χ2n) is 6.66. The molecule has 0 saturated carbocycles. The highest BCUT2D eigenvalue weighted by Crippen LogP contribution is 2.20. The van der Waals surface area contributed by atoms with Crippen LogP contribution in [0.4, 0.5) is 5.82 Å². The summed E-state index contributed by atoms with van der Waals surface area (Å²) in [5.74, 6) is 0.544. The highest BCUT2D eigenvalue weighted by Gasteiger charge is 2.14. The molecule has 0 aliphatic carbocycles. The Bertz CT molecular complexity index is 1230. The summed E-state index contributed by atoms with van der Waals surface area (Å²) in [6, 6.07) is 17.0. The van der Waals surface area contributed by atoms with E-state index in [0.29, 0.717) is 17.2 Å². The number of carbonyl (C=O) groups excluding carboxylic acids is 1. The molecule has 0 bridgehead atoms. The van der Waals surface area contributed by atoms with Crippen molar-refractivity contribution in [3.8, 4) is 5.95 Å². The van der Waals surface area contributed by atoms with Crippen LogP contribution in [0.2, 0.25) is 0 Å². The Hall–Kier alpha value is -3.74. The number of nitrogens with one attached hydrogen (secondary N) is 2. The van der Waals surface area contributed by atoms with Crippen LogP contribution in [0.15, 0.2) is 59.4 Å². The smallest absolute Gasteiger partial charge is 0.252 e. The van der Waals surface area contributed by atoms with E-state index in [4.69, 9.17) is 0 Å². The molecule has 2 aromatic heterocycles. The zero-order valence-electron chi connectivity index (χ0n) is 15.6. The molecule has 0 aliphatic heterocycles. The molecule has 2 aromatic carbocycles. The first-order valence-corrected chi connectivity index (χ1v) is 8.91. The van der Waals surface area contributed by atoms with E-state index in [1.54, 1.807) is 13.0 Å². The lowest BCUT2D eigenvalue weighted by Crippen LogP contribution is -2.20. The summed E-state index contributed by atoms with van der Waals surface area (Å²) in [6.07, 6.45) is 0.226. The Balaban J connectivity index is 1.63. The number of aryl methyl sites for hydroxylation is 2. The monoisotopic (exact) mass is 373 g/mol. The average molecular weight is 373 g/mol. The predicted molar refractivity (Wildman–Crippen MR) is 108 cm³/mol. The quantitative estimate of drug-likeness (QED) is 0.575. The van der Waals surface area contributed by atoms with Crippen LogP contribution in [-0.4, -0.2) is 25.7 Å². The summed E-state index contributed by atoms with van der Waals surface area (Å²) >= 11 is 0. The highest BCUT2D eigenvalue weighted by molar-refractivity contribution is 5.95. The van der Waals surface area contributed by atoms with Crippen molar-refractivity contribution in [2.24, 2.45) is 0 Å². The molecular formula is C21H19N5O2. The van der Waals surface area contributed by atoms with Crippen LogP contribution in [0.5, 0.6) is 0 Å². The minimum absolute atomic E-state index is 0.174. The van der Waals surface area contributed by atoms with Gasteiger partial charge in [-0.3, -0.25) is 14.6 Å². The molecule has 140 valence electrons. The van der Waals surface area contributed by atoms with Crippen molar-refractivity contribution < 1.29 is 4.79 Å². The molecule has 0 saturated heterocycles. The van der Waals surface area contributed by atoms with Gasteiger partial charge in [0.2, 0.25) is 11.9 Å². The van der Waals surface area contributed by atoms with Gasteiger partial charge in [-0.2, -0.15) is 9.78 Å². The second kappa shape index (κ2) is 7.11. The van der Waals surface area contributed by atoms with Crippen LogP contribution in [-0.2, 0) is 11.2 Å². The van der Waals surface area contributed by atoms with Gasteiger partial charge >= 0.3 is 0 Å². The van der Waals surface area contributed by atoms with Gasteiger partial charge in [0.05, 0.1) is 12.1 Å². The summed E-state index contributed by atoms with van der Waals surface area (Å²) in [4.78, 5) is 31.4. The molecule has 2 heterocycles. The summed E-state index contributed by atoms with van der Waals surface area (Å²) in [5, 5.41) is 9.37. The van der Waals surface area contributed by atoms with Crippen molar-refractivity contribution in [2.45, 2.75) is 20.3 Å². The first-order valence-electron chi connectivity index (χ1n) is 8.91. The maximum Gasteiger partial charge on any atom is 0.252 e. The minimum atomic E-state index is -0.274. The maximum absolute atomic E-state index is 12.7. The molecule has 7 nitrogen and oxygen atoms in total. The minimum Gasteiger partial charge on any atom is -0.310 e. The number of H-pyrrole nitrogens is 1.